The van der Waals surface area contributed by atoms with Gasteiger partial charge in [0.15, 0.2) is 0 Å². The Bertz CT molecular complexity index is 1030. The largest absolute Gasteiger partial charge is 0.477 e. The average molecular weight is 477 g/mol. The van der Waals surface area contributed by atoms with Gasteiger partial charge in [-0.3, -0.25) is 14.3 Å². The van der Waals surface area contributed by atoms with Crippen molar-refractivity contribution in [2.24, 2.45) is 4.99 Å². The minimum absolute atomic E-state index is 0.0683. The van der Waals surface area contributed by atoms with Crippen LogP contribution in [0, 0.1) is 0 Å². The van der Waals surface area contributed by atoms with Crippen LogP contribution in [0.1, 0.15) is 37.6 Å². The highest BCUT2D eigenvalue weighted by Crippen LogP contribution is 2.42. The van der Waals surface area contributed by atoms with E-state index in [2.05, 4.69) is 27.9 Å². The summed E-state index contributed by atoms with van der Waals surface area (Å²) in [6.07, 6.45) is 0.511. The van der Waals surface area contributed by atoms with E-state index in [0.717, 1.165) is 33.3 Å². The van der Waals surface area contributed by atoms with Gasteiger partial charge in [0.2, 0.25) is 5.90 Å². The number of nitrogens with one attached hydrogen (secondary N) is 2. The lowest BCUT2D eigenvalue weighted by Gasteiger charge is -2.41. The number of rotatable bonds is 11. The van der Waals surface area contributed by atoms with Gasteiger partial charge in [-0.1, -0.05) is 24.8 Å². The first kappa shape index (κ1) is 26.0. The van der Waals surface area contributed by atoms with Gasteiger partial charge in [0.1, 0.15) is 6.61 Å². The Hall–Kier alpha value is -2.58. The molecular weight excluding hydrogens is 441 g/mol. The SMILES string of the molecule is C=C(/C(C)=C\C(=NC)OCCNCCCF)[C@@H]1c2[nH]c3ccccc3c2C[C@@H](C)N1CC(F)F. The number of hydrogen-bond donors (Lipinski definition) is 2. The molecule has 0 amide bonds. The molecule has 1 aliphatic heterocycles. The topological polar surface area (TPSA) is 52.6 Å². The van der Waals surface area contributed by atoms with Gasteiger partial charge in [-0.05, 0) is 56.0 Å². The summed E-state index contributed by atoms with van der Waals surface area (Å²) in [5.74, 6) is 0.437. The van der Waals surface area contributed by atoms with E-state index in [1.807, 2.05) is 36.9 Å². The normalized spacial score (nSPS) is 19.6. The molecule has 2 heterocycles. The number of aromatic nitrogens is 1. The molecule has 34 heavy (non-hydrogen) atoms. The zero-order valence-corrected chi connectivity index (χ0v) is 20.2. The van der Waals surface area contributed by atoms with Gasteiger partial charge in [-0.25, -0.2) is 8.78 Å². The van der Waals surface area contributed by atoms with E-state index in [0.29, 0.717) is 38.4 Å². The van der Waals surface area contributed by atoms with Crippen molar-refractivity contribution in [2.45, 2.75) is 45.2 Å². The van der Waals surface area contributed by atoms with Gasteiger partial charge in [-0.2, -0.15) is 0 Å². The zero-order valence-electron chi connectivity index (χ0n) is 20.2. The predicted octanol–water partition coefficient (Wildman–Crippen LogP) is 5.22. The molecule has 0 radical (unpaired) electrons. The lowest BCUT2D eigenvalue weighted by Crippen LogP contribution is -2.45. The third-order valence-electron chi connectivity index (χ3n) is 6.28. The molecule has 1 aromatic carbocycles. The summed E-state index contributed by atoms with van der Waals surface area (Å²) in [6.45, 7) is 9.10. The van der Waals surface area contributed by atoms with Crippen LogP contribution in [0.25, 0.3) is 10.9 Å². The van der Waals surface area contributed by atoms with Gasteiger partial charge in [-0.15, -0.1) is 0 Å². The van der Waals surface area contributed by atoms with Crippen molar-refractivity contribution in [1.29, 1.82) is 0 Å². The van der Waals surface area contributed by atoms with Crippen molar-refractivity contribution in [1.82, 2.24) is 15.2 Å². The van der Waals surface area contributed by atoms with Crippen LogP contribution in [0.2, 0.25) is 0 Å². The molecule has 2 aromatic rings. The Balaban J connectivity index is 1.84. The van der Waals surface area contributed by atoms with Crippen LogP contribution in [-0.2, 0) is 11.2 Å². The van der Waals surface area contributed by atoms with E-state index < -0.39 is 12.5 Å². The highest BCUT2D eigenvalue weighted by Gasteiger charge is 2.37. The van der Waals surface area contributed by atoms with Crippen LogP contribution in [0.4, 0.5) is 13.2 Å². The summed E-state index contributed by atoms with van der Waals surface area (Å²) in [5, 5.41) is 4.23. The van der Waals surface area contributed by atoms with Gasteiger partial charge in [0, 0.05) is 42.3 Å². The summed E-state index contributed by atoms with van der Waals surface area (Å²) < 4.78 is 45.1. The molecule has 1 aliphatic rings. The smallest absolute Gasteiger partial charge is 0.251 e. The maximum atomic E-state index is 13.6. The van der Waals surface area contributed by atoms with Crippen molar-refractivity contribution < 1.29 is 17.9 Å². The quantitative estimate of drug-likeness (QED) is 0.202. The first-order valence-electron chi connectivity index (χ1n) is 11.7. The summed E-state index contributed by atoms with van der Waals surface area (Å²) in [5.41, 5.74) is 4.62. The molecule has 8 heteroatoms. The first-order valence-corrected chi connectivity index (χ1v) is 11.7. The van der Waals surface area contributed by atoms with E-state index in [4.69, 9.17) is 4.74 Å². The van der Waals surface area contributed by atoms with Crippen LogP contribution in [0.3, 0.4) is 0 Å². The number of para-hydroxylation sites is 1. The molecular formula is C26H35F3N4O. The molecule has 0 spiro atoms. The molecule has 3 rings (SSSR count). The number of benzene rings is 1. The number of H-pyrrole nitrogens is 1. The fraction of sp³-hybridized carbons (Fsp3) is 0.500. The minimum Gasteiger partial charge on any atom is -0.477 e. The molecule has 1 aromatic heterocycles. The van der Waals surface area contributed by atoms with E-state index >= 15 is 0 Å². The molecule has 0 saturated heterocycles. The molecule has 0 bridgehead atoms. The standard InChI is InChI=1S/C26H35F3N4O/c1-17(14-24(30-4)34-13-12-31-11-7-10-27)19(3)26-25-21(15-18(2)33(26)16-23(28)29)20-8-5-6-9-22(20)32-25/h5-6,8-9,14,18,23,26,31-32H,3,7,10-13,15-16H2,1-2,4H3/b17-14-,30-24?/t18-,26-/m1/s1. The molecule has 2 N–H and O–H groups in total. The summed E-state index contributed by atoms with van der Waals surface area (Å²) in [7, 11) is 1.64. The van der Waals surface area contributed by atoms with Crippen LogP contribution in [0.15, 0.2) is 53.1 Å². The lowest BCUT2D eigenvalue weighted by molar-refractivity contribution is 0.0452. The zero-order chi connectivity index (χ0) is 24.7. The first-order chi connectivity index (χ1) is 16.4. The van der Waals surface area contributed by atoms with E-state index in [1.54, 1.807) is 13.1 Å². The molecule has 0 saturated carbocycles. The van der Waals surface area contributed by atoms with Gasteiger partial charge >= 0.3 is 0 Å². The number of nitrogens with zero attached hydrogens (tertiary/aromatic N) is 2. The van der Waals surface area contributed by atoms with E-state index in [9.17, 15) is 13.2 Å². The number of aliphatic imine (C=N–C) groups is 1. The van der Waals surface area contributed by atoms with E-state index in [-0.39, 0.29) is 19.3 Å². The fourth-order valence-electron chi connectivity index (χ4n) is 4.54. The number of alkyl halides is 3. The number of ether oxygens (including phenoxy) is 1. The number of hydrogen-bond acceptors (Lipinski definition) is 4. The van der Waals surface area contributed by atoms with Crippen molar-refractivity contribution in [3.05, 3.63) is 59.3 Å². The van der Waals surface area contributed by atoms with Crippen molar-refractivity contribution in [3.8, 4) is 0 Å². The second-order valence-electron chi connectivity index (χ2n) is 8.66. The molecule has 0 unspecified atom stereocenters. The minimum atomic E-state index is -2.45. The predicted molar refractivity (Wildman–Crippen MR) is 133 cm³/mol. The third kappa shape index (κ3) is 6.10. The molecule has 2 atom stereocenters. The van der Waals surface area contributed by atoms with Crippen LogP contribution < -0.4 is 5.32 Å². The number of fused-ring (bicyclic) bond motifs is 3. The Labute approximate surface area is 199 Å². The Kier molecular flexibility index (Phi) is 9.36. The van der Waals surface area contributed by atoms with Crippen LogP contribution in [0.5, 0.6) is 0 Å². The summed E-state index contributed by atoms with van der Waals surface area (Å²) in [4.78, 5) is 9.51. The highest BCUT2D eigenvalue weighted by molar-refractivity contribution is 5.89. The molecule has 0 aliphatic carbocycles. The third-order valence-corrected chi connectivity index (χ3v) is 6.28. The van der Waals surface area contributed by atoms with E-state index in [1.165, 1.54) is 0 Å². The van der Waals surface area contributed by atoms with Crippen LogP contribution in [-0.4, -0.2) is 68.2 Å². The van der Waals surface area contributed by atoms with Gasteiger partial charge in [0.25, 0.3) is 6.43 Å². The lowest BCUT2D eigenvalue weighted by atomic mass is 9.86. The maximum Gasteiger partial charge on any atom is 0.251 e. The average Bonchev–Trinajstić information content (AvgIpc) is 3.18. The molecule has 5 nitrogen and oxygen atoms in total. The van der Waals surface area contributed by atoms with Crippen LogP contribution >= 0.6 is 0 Å². The Morgan fingerprint density at radius 1 is 1.35 bits per heavy atom. The summed E-state index contributed by atoms with van der Waals surface area (Å²) >= 11 is 0. The van der Waals surface area contributed by atoms with Crippen molar-refractivity contribution in [2.75, 3.05) is 40.0 Å². The van der Waals surface area contributed by atoms with Crippen molar-refractivity contribution >= 4 is 16.8 Å². The molecule has 0 fully saturated rings. The van der Waals surface area contributed by atoms with Gasteiger partial charge in [0.05, 0.1) is 19.3 Å². The monoisotopic (exact) mass is 476 g/mol. The Morgan fingerprint density at radius 3 is 2.82 bits per heavy atom. The maximum absolute atomic E-state index is 13.6. The van der Waals surface area contributed by atoms with Gasteiger partial charge < -0.3 is 15.0 Å². The number of aromatic amines is 1. The number of halogens is 3. The second-order valence-corrected chi connectivity index (χ2v) is 8.66. The second kappa shape index (κ2) is 12.2. The summed E-state index contributed by atoms with van der Waals surface area (Å²) in [6, 6.07) is 7.57. The molecule has 186 valence electrons. The highest BCUT2D eigenvalue weighted by atomic mass is 19.3. The Morgan fingerprint density at radius 2 is 2.12 bits per heavy atom. The fourth-order valence-corrected chi connectivity index (χ4v) is 4.54. The van der Waals surface area contributed by atoms with Crippen molar-refractivity contribution in [3.63, 3.8) is 0 Å².